The molecule has 1 unspecified atom stereocenters. The second-order valence-corrected chi connectivity index (χ2v) is 5.00. The summed E-state index contributed by atoms with van der Waals surface area (Å²) in [6.45, 7) is -0.184. The number of rotatable bonds is 5. The van der Waals surface area contributed by atoms with Gasteiger partial charge in [-0.2, -0.15) is 5.10 Å². The predicted molar refractivity (Wildman–Crippen MR) is 85.6 cm³/mol. The quantitative estimate of drug-likeness (QED) is 0.672. The van der Waals surface area contributed by atoms with Crippen LogP contribution in [0.3, 0.4) is 0 Å². The molecule has 0 saturated heterocycles. The monoisotopic (exact) mass is 308 g/mol. The summed E-state index contributed by atoms with van der Waals surface area (Å²) in [6.07, 6.45) is 1.67. The van der Waals surface area contributed by atoms with E-state index in [2.05, 4.69) is 20.5 Å². The molecule has 0 aliphatic carbocycles. The molecule has 1 aromatic carbocycles. The highest BCUT2D eigenvalue weighted by Crippen LogP contribution is 2.16. The molecule has 2 heterocycles. The maximum Gasteiger partial charge on any atom is 0.269 e. The molecule has 6 nitrogen and oxygen atoms in total. The van der Waals surface area contributed by atoms with Crippen LogP contribution in [0.5, 0.6) is 0 Å². The molecular formula is C17H16N4O2. The van der Waals surface area contributed by atoms with Gasteiger partial charge in [-0.1, -0.05) is 36.4 Å². The van der Waals surface area contributed by atoms with E-state index in [1.54, 1.807) is 12.3 Å². The van der Waals surface area contributed by atoms with Crippen molar-refractivity contribution in [2.24, 2.45) is 0 Å². The van der Waals surface area contributed by atoms with Crippen LogP contribution in [0.2, 0.25) is 0 Å². The highest BCUT2D eigenvalue weighted by atomic mass is 16.3. The normalized spacial score (nSPS) is 11.9. The lowest BCUT2D eigenvalue weighted by Gasteiger charge is -2.15. The minimum Gasteiger partial charge on any atom is -0.394 e. The molecule has 116 valence electrons. The zero-order valence-electron chi connectivity index (χ0n) is 12.3. The van der Waals surface area contributed by atoms with E-state index in [1.165, 1.54) is 0 Å². The van der Waals surface area contributed by atoms with Gasteiger partial charge in [0.2, 0.25) is 0 Å². The first-order valence-corrected chi connectivity index (χ1v) is 7.21. The Morgan fingerprint density at radius 3 is 2.61 bits per heavy atom. The largest absolute Gasteiger partial charge is 0.394 e. The Labute approximate surface area is 133 Å². The molecule has 0 bridgehead atoms. The highest BCUT2D eigenvalue weighted by Gasteiger charge is 2.17. The molecule has 3 rings (SSSR count). The Bertz CT molecular complexity index is 772. The van der Waals surface area contributed by atoms with Crippen LogP contribution in [-0.4, -0.2) is 32.8 Å². The van der Waals surface area contributed by atoms with Gasteiger partial charge in [0.05, 0.1) is 18.3 Å². The van der Waals surface area contributed by atoms with Crippen molar-refractivity contribution in [3.8, 4) is 11.4 Å². The van der Waals surface area contributed by atoms with Crippen molar-refractivity contribution >= 4 is 5.91 Å². The van der Waals surface area contributed by atoms with Crippen LogP contribution >= 0.6 is 0 Å². The maximum absolute atomic E-state index is 12.3. The fraction of sp³-hybridized carbons (Fsp3) is 0.118. The summed E-state index contributed by atoms with van der Waals surface area (Å²) in [6, 6.07) is 16.0. The molecule has 0 saturated carbocycles. The van der Waals surface area contributed by atoms with Crippen LogP contribution in [0.4, 0.5) is 0 Å². The fourth-order valence-electron chi connectivity index (χ4n) is 2.24. The van der Waals surface area contributed by atoms with E-state index in [0.717, 1.165) is 5.56 Å². The van der Waals surface area contributed by atoms with Crippen LogP contribution in [0.25, 0.3) is 11.4 Å². The molecule has 3 N–H and O–H groups in total. The number of aromatic amines is 1. The van der Waals surface area contributed by atoms with Crippen molar-refractivity contribution in [1.29, 1.82) is 0 Å². The number of benzene rings is 1. The van der Waals surface area contributed by atoms with Crippen LogP contribution in [0, 0.1) is 0 Å². The number of amides is 1. The number of nitrogens with zero attached hydrogens (tertiary/aromatic N) is 2. The number of carbonyl (C=O) groups excluding carboxylic acids is 1. The summed E-state index contributed by atoms with van der Waals surface area (Å²) in [7, 11) is 0. The predicted octanol–water partition coefficient (Wildman–Crippen LogP) is 1.94. The van der Waals surface area contributed by atoms with Crippen LogP contribution < -0.4 is 5.32 Å². The zero-order valence-corrected chi connectivity index (χ0v) is 12.3. The second kappa shape index (κ2) is 6.85. The number of aliphatic hydroxyl groups excluding tert-OH is 1. The third-order valence-corrected chi connectivity index (χ3v) is 3.44. The first-order chi connectivity index (χ1) is 11.3. The first kappa shape index (κ1) is 14.9. The molecule has 0 radical (unpaired) electrons. The van der Waals surface area contributed by atoms with Gasteiger partial charge in [0, 0.05) is 6.20 Å². The summed E-state index contributed by atoms with van der Waals surface area (Å²) in [4.78, 5) is 16.5. The smallest absolute Gasteiger partial charge is 0.269 e. The van der Waals surface area contributed by atoms with Crippen molar-refractivity contribution in [2.45, 2.75) is 6.04 Å². The molecule has 0 fully saturated rings. The molecule has 0 spiro atoms. The van der Waals surface area contributed by atoms with Gasteiger partial charge >= 0.3 is 0 Å². The average Bonchev–Trinajstić information content (AvgIpc) is 3.11. The number of hydrogen-bond donors (Lipinski definition) is 3. The van der Waals surface area contributed by atoms with Gasteiger partial charge in [-0.15, -0.1) is 0 Å². The molecule has 3 aromatic rings. The van der Waals surface area contributed by atoms with Crippen molar-refractivity contribution in [3.05, 3.63) is 72.1 Å². The fourth-order valence-corrected chi connectivity index (χ4v) is 2.24. The number of aliphatic hydroxyl groups is 1. The van der Waals surface area contributed by atoms with E-state index in [0.29, 0.717) is 17.1 Å². The highest BCUT2D eigenvalue weighted by molar-refractivity contribution is 5.93. The number of hydrogen-bond acceptors (Lipinski definition) is 4. The number of nitrogens with one attached hydrogen (secondary N) is 2. The van der Waals surface area contributed by atoms with Gasteiger partial charge in [0.1, 0.15) is 11.4 Å². The van der Waals surface area contributed by atoms with Crippen molar-refractivity contribution in [3.63, 3.8) is 0 Å². The standard InChI is InChI=1S/C17H16N4O2/c22-11-16(12-6-2-1-3-7-12)19-17(23)15-10-14(20-21-15)13-8-4-5-9-18-13/h1-10,16,22H,11H2,(H,19,23)(H,20,21). The summed E-state index contributed by atoms with van der Waals surface area (Å²) in [5.41, 5.74) is 2.44. The SMILES string of the molecule is O=C(NC(CO)c1ccccc1)c1cc(-c2ccccn2)n[nH]1. The van der Waals surface area contributed by atoms with E-state index in [1.807, 2.05) is 48.5 Å². The van der Waals surface area contributed by atoms with E-state index in [4.69, 9.17) is 0 Å². The molecule has 0 aliphatic heterocycles. The van der Waals surface area contributed by atoms with Crippen molar-refractivity contribution < 1.29 is 9.90 Å². The third kappa shape index (κ3) is 3.44. The van der Waals surface area contributed by atoms with Gasteiger partial charge in [-0.3, -0.25) is 14.9 Å². The van der Waals surface area contributed by atoms with E-state index in [9.17, 15) is 9.90 Å². The number of aromatic nitrogens is 3. The molecule has 1 amide bonds. The number of H-pyrrole nitrogens is 1. The molecule has 0 aliphatic rings. The molecule has 23 heavy (non-hydrogen) atoms. The summed E-state index contributed by atoms with van der Waals surface area (Å²) < 4.78 is 0. The van der Waals surface area contributed by atoms with E-state index in [-0.39, 0.29) is 12.5 Å². The first-order valence-electron chi connectivity index (χ1n) is 7.21. The Morgan fingerprint density at radius 1 is 1.13 bits per heavy atom. The number of pyridine rings is 1. The van der Waals surface area contributed by atoms with Gasteiger partial charge in [-0.05, 0) is 23.8 Å². The lowest BCUT2D eigenvalue weighted by atomic mass is 10.1. The second-order valence-electron chi connectivity index (χ2n) is 5.00. The molecule has 6 heteroatoms. The van der Waals surface area contributed by atoms with Gasteiger partial charge in [0.15, 0.2) is 0 Å². The minimum absolute atomic E-state index is 0.184. The molecule has 1 atom stereocenters. The van der Waals surface area contributed by atoms with Crippen LogP contribution in [-0.2, 0) is 0 Å². The third-order valence-electron chi connectivity index (χ3n) is 3.44. The van der Waals surface area contributed by atoms with E-state index < -0.39 is 6.04 Å². The Hall–Kier alpha value is -2.99. The number of carbonyl (C=O) groups is 1. The van der Waals surface area contributed by atoms with Gasteiger partial charge in [-0.25, -0.2) is 0 Å². The molecular weight excluding hydrogens is 292 g/mol. The van der Waals surface area contributed by atoms with Gasteiger partial charge < -0.3 is 10.4 Å². The summed E-state index contributed by atoms with van der Waals surface area (Å²) >= 11 is 0. The topological polar surface area (TPSA) is 90.9 Å². The van der Waals surface area contributed by atoms with Crippen LogP contribution in [0.1, 0.15) is 22.1 Å². The van der Waals surface area contributed by atoms with Crippen LogP contribution in [0.15, 0.2) is 60.8 Å². The summed E-state index contributed by atoms with van der Waals surface area (Å²) in [5, 5.41) is 19.1. The summed E-state index contributed by atoms with van der Waals surface area (Å²) in [5.74, 6) is -0.331. The lowest BCUT2D eigenvalue weighted by Crippen LogP contribution is -2.31. The minimum atomic E-state index is -0.467. The zero-order chi connectivity index (χ0) is 16.1. The Morgan fingerprint density at radius 2 is 1.91 bits per heavy atom. The Kier molecular flexibility index (Phi) is 4.44. The van der Waals surface area contributed by atoms with Crippen molar-refractivity contribution in [1.82, 2.24) is 20.5 Å². The van der Waals surface area contributed by atoms with Gasteiger partial charge in [0.25, 0.3) is 5.91 Å². The van der Waals surface area contributed by atoms with Crippen molar-refractivity contribution in [2.75, 3.05) is 6.61 Å². The Balaban J connectivity index is 1.75. The maximum atomic E-state index is 12.3. The lowest BCUT2D eigenvalue weighted by molar-refractivity contribution is 0.0911. The average molecular weight is 308 g/mol. The molecule has 2 aromatic heterocycles. The van der Waals surface area contributed by atoms with E-state index >= 15 is 0 Å².